The van der Waals surface area contributed by atoms with Gasteiger partial charge in [0.1, 0.15) is 11.6 Å². The number of amides is 1. The van der Waals surface area contributed by atoms with Crippen LogP contribution in [0.15, 0.2) is 54.4 Å². The van der Waals surface area contributed by atoms with Crippen molar-refractivity contribution < 1.29 is 23.8 Å². The summed E-state index contributed by atoms with van der Waals surface area (Å²) in [6.07, 6.45) is 2.95. The zero-order chi connectivity index (χ0) is 18.7. The third-order valence-electron chi connectivity index (χ3n) is 4.22. The number of aliphatic hydroxyl groups excluding tert-OH is 1. The number of halogens is 1. The Balaban J connectivity index is 2.15. The predicted octanol–water partition coefficient (Wildman–Crippen LogP) is 2.29. The SMILES string of the molecule is COCCN1C(=O)C(=O)/C(=C(/O)c2ccncc2)C1c1ccc(F)cc1. The lowest BCUT2D eigenvalue weighted by atomic mass is 9.95. The molecule has 3 rings (SSSR count). The minimum Gasteiger partial charge on any atom is -0.507 e. The largest absolute Gasteiger partial charge is 0.507 e. The number of ketones is 1. The average molecular weight is 356 g/mol. The summed E-state index contributed by atoms with van der Waals surface area (Å²) in [5, 5.41) is 10.7. The van der Waals surface area contributed by atoms with Crippen LogP contribution in [0.2, 0.25) is 0 Å². The molecule has 0 bridgehead atoms. The van der Waals surface area contributed by atoms with E-state index in [4.69, 9.17) is 4.74 Å². The van der Waals surface area contributed by atoms with E-state index < -0.39 is 23.5 Å². The van der Waals surface area contributed by atoms with Crippen molar-refractivity contribution in [3.63, 3.8) is 0 Å². The van der Waals surface area contributed by atoms with Gasteiger partial charge in [-0.15, -0.1) is 0 Å². The molecule has 1 unspecified atom stereocenters. The van der Waals surface area contributed by atoms with Gasteiger partial charge in [0.2, 0.25) is 0 Å². The van der Waals surface area contributed by atoms with Crippen molar-refractivity contribution in [2.24, 2.45) is 0 Å². The number of rotatable bonds is 5. The summed E-state index contributed by atoms with van der Waals surface area (Å²) in [7, 11) is 1.49. The topological polar surface area (TPSA) is 79.7 Å². The summed E-state index contributed by atoms with van der Waals surface area (Å²) in [5.74, 6) is -2.24. The van der Waals surface area contributed by atoms with Crippen molar-refractivity contribution in [2.45, 2.75) is 6.04 Å². The van der Waals surface area contributed by atoms with Gasteiger partial charge < -0.3 is 14.7 Å². The van der Waals surface area contributed by atoms with Gasteiger partial charge in [-0.25, -0.2) is 4.39 Å². The summed E-state index contributed by atoms with van der Waals surface area (Å²) in [6.45, 7) is 0.385. The molecule has 6 nitrogen and oxygen atoms in total. The minimum absolute atomic E-state index is 0.0380. The van der Waals surface area contributed by atoms with Gasteiger partial charge in [0.25, 0.3) is 11.7 Å². The quantitative estimate of drug-likeness (QED) is 0.505. The highest BCUT2D eigenvalue weighted by Gasteiger charge is 2.45. The Kier molecular flexibility index (Phi) is 5.09. The second-order valence-corrected chi connectivity index (χ2v) is 5.77. The van der Waals surface area contributed by atoms with Gasteiger partial charge in [0.05, 0.1) is 18.2 Å². The van der Waals surface area contributed by atoms with Gasteiger partial charge in [-0.05, 0) is 29.8 Å². The lowest BCUT2D eigenvalue weighted by Gasteiger charge is -2.25. The average Bonchev–Trinajstić information content (AvgIpc) is 2.91. The highest BCUT2D eigenvalue weighted by molar-refractivity contribution is 6.46. The zero-order valence-corrected chi connectivity index (χ0v) is 14.1. The highest BCUT2D eigenvalue weighted by atomic mass is 19.1. The molecule has 0 saturated carbocycles. The van der Waals surface area contributed by atoms with Crippen LogP contribution in [0.25, 0.3) is 5.76 Å². The van der Waals surface area contributed by atoms with E-state index in [1.54, 1.807) is 12.1 Å². The molecule has 0 aliphatic carbocycles. The third-order valence-corrected chi connectivity index (χ3v) is 4.22. The molecule has 2 aromatic rings. The second kappa shape index (κ2) is 7.45. The van der Waals surface area contributed by atoms with Crippen LogP contribution in [0.5, 0.6) is 0 Å². The molecular weight excluding hydrogens is 339 g/mol. The number of Topliss-reactive ketones (excluding diaryl/α,β-unsaturated/α-hetero) is 1. The summed E-state index contributed by atoms with van der Waals surface area (Å²) in [6, 6.07) is 7.74. The van der Waals surface area contributed by atoms with Gasteiger partial charge in [-0.3, -0.25) is 14.6 Å². The Morgan fingerprint density at radius 1 is 1.19 bits per heavy atom. The molecule has 26 heavy (non-hydrogen) atoms. The molecule has 1 saturated heterocycles. The van der Waals surface area contributed by atoms with Gasteiger partial charge >= 0.3 is 0 Å². The lowest BCUT2D eigenvalue weighted by molar-refractivity contribution is -0.140. The summed E-state index contributed by atoms with van der Waals surface area (Å²) >= 11 is 0. The van der Waals surface area contributed by atoms with E-state index in [-0.39, 0.29) is 24.5 Å². The fourth-order valence-corrected chi connectivity index (χ4v) is 2.96. The first-order chi connectivity index (χ1) is 12.5. The van der Waals surface area contributed by atoms with Crippen molar-refractivity contribution in [1.82, 2.24) is 9.88 Å². The maximum Gasteiger partial charge on any atom is 0.295 e. The van der Waals surface area contributed by atoms with Crippen LogP contribution < -0.4 is 0 Å². The van der Waals surface area contributed by atoms with Crippen LogP contribution in [-0.2, 0) is 14.3 Å². The van der Waals surface area contributed by atoms with Crippen LogP contribution in [0.4, 0.5) is 4.39 Å². The molecule has 7 heteroatoms. The number of hydrogen-bond donors (Lipinski definition) is 1. The Hall–Kier alpha value is -3.06. The molecule has 0 radical (unpaired) electrons. The number of likely N-dealkylation sites (tertiary alicyclic amines) is 1. The van der Waals surface area contributed by atoms with E-state index in [0.29, 0.717) is 11.1 Å². The molecule has 1 aliphatic rings. The number of ether oxygens (including phenoxy) is 1. The number of benzene rings is 1. The first-order valence-electron chi connectivity index (χ1n) is 7.97. The van der Waals surface area contributed by atoms with Crippen LogP contribution in [0.3, 0.4) is 0 Å². The van der Waals surface area contributed by atoms with E-state index in [9.17, 15) is 19.1 Å². The Bertz CT molecular complexity index is 850. The fraction of sp³-hybridized carbons (Fsp3) is 0.211. The molecule has 1 fully saturated rings. The Morgan fingerprint density at radius 3 is 2.46 bits per heavy atom. The fourth-order valence-electron chi connectivity index (χ4n) is 2.96. The zero-order valence-electron chi connectivity index (χ0n) is 14.1. The van der Waals surface area contributed by atoms with E-state index >= 15 is 0 Å². The standard InChI is InChI=1S/C19H17FN2O4/c1-26-11-10-22-16(12-2-4-14(20)5-3-12)15(18(24)19(22)25)17(23)13-6-8-21-9-7-13/h2-9,16,23H,10-11H2,1H3/b17-15+. The minimum atomic E-state index is -0.820. The Labute approximate surface area is 149 Å². The van der Waals surface area contributed by atoms with Crippen LogP contribution in [0, 0.1) is 5.82 Å². The molecule has 1 N–H and O–H groups in total. The van der Waals surface area contributed by atoms with Crippen molar-refractivity contribution >= 4 is 17.4 Å². The summed E-state index contributed by atoms with van der Waals surface area (Å²) in [4.78, 5) is 30.3. The lowest BCUT2D eigenvalue weighted by Crippen LogP contribution is -2.32. The van der Waals surface area contributed by atoms with Crippen molar-refractivity contribution in [1.29, 1.82) is 0 Å². The normalized spacial score (nSPS) is 19.2. The molecule has 1 aromatic heterocycles. The highest BCUT2D eigenvalue weighted by Crippen LogP contribution is 2.39. The van der Waals surface area contributed by atoms with Crippen molar-refractivity contribution in [3.8, 4) is 0 Å². The number of aliphatic hydroxyl groups is 1. The van der Waals surface area contributed by atoms with E-state index in [1.807, 2.05) is 0 Å². The molecule has 1 aromatic carbocycles. The first-order valence-corrected chi connectivity index (χ1v) is 7.97. The first kappa shape index (κ1) is 17.8. The molecular formula is C19H17FN2O4. The number of nitrogens with zero attached hydrogens (tertiary/aromatic N) is 2. The van der Waals surface area contributed by atoms with Crippen LogP contribution in [0.1, 0.15) is 17.2 Å². The molecule has 0 spiro atoms. The number of hydrogen-bond acceptors (Lipinski definition) is 5. The smallest absolute Gasteiger partial charge is 0.295 e. The maximum absolute atomic E-state index is 13.3. The number of methoxy groups -OCH3 is 1. The number of pyridine rings is 1. The molecule has 2 heterocycles. The van der Waals surface area contributed by atoms with Crippen molar-refractivity contribution in [2.75, 3.05) is 20.3 Å². The molecule has 1 amide bonds. The third kappa shape index (κ3) is 3.21. The van der Waals surface area contributed by atoms with Crippen molar-refractivity contribution in [3.05, 3.63) is 71.3 Å². The Morgan fingerprint density at radius 2 is 1.85 bits per heavy atom. The van der Waals surface area contributed by atoms with Crippen LogP contribution in [-0.4, -0.2) is 46.9 Å². The summed E-state index contributed by atoms with van der Waals surface area (Å²) in [5.41, 5.74) is 0.859. The second-order valence-electron chi connectivity index (χ2n) is 5.77. The van der Waals surface area contributed by atoms with Gasteiger partial charge in [-0.2, -0.15) is 0 Å². The number of carbonyl (C=O) groups excluding carboxylic acids is 2. The molecule has 134 valence electrons. The van der Waals surface area contributed by atoms with E-state index in [0.717, 1.165) is 0 Å². The maximum atomic E-state index is 13.3. The molecule has 1 aliphatic heterocycles. The van der Waals surface area contributed by atoms with E-state index in [2.05, 4.69) is 4.98 Å². The van der Waals surface area contributed by atoms with Gasteiger partial charge in [0, 0.05) is 31.6 Å². The number of aromatic nitrogens is 1. The predicted molar refractivity (Wildman–Crippen MR) is 91.5 cm³/mol. The van der Waals surface area contributed by atoms with E-state index in [1.165, 1.54) is 48.7 Å². The van der Waals surface area contributed by atoms with Crippen LogP contribution >= 0.6 is 0 Å². The monoisotopic (exact) mass is 356 g/mol. The van der Waals surface area contributed by atoms with Gasteiger partial charge in [-0.1, -0.05) is 12.1 Å². The van der Waals surface area contributed by atoms with Gasteiger partial charge in [0.15, 0.2) is 0 Å². The summed E-state index contributed by atoms with van der Waals surface area (Å²) < 4.78 is 18.3. The molecule has 1 atom stereocenters. The number of carbonyl (C=O) groups is 2.